The molecule has 0 aromatic carbocycles. The molecule has 1 aromatic rings. The predicted molar refractivity (Wildman–Crippen MR) is 54.0 cm³/mol. The summed E-state index contributed by atoms with van der Waals surface area (Å²) < 4.78 is 0. The average Bonchev–Trinajstić information content (AvgIpc) is 2.48. The Morgan fingerprint density at radius 3 is 3.00 bits per heavy atom. The number of carbonyl (C=O) groups excluding carboxylic acids is 1. The summed E-state index contributed by atoms with van der Waals surface area (Å²) in [5.74, 6) is -0.0281. The SMILES string of the molecule is Cc1ccsc1NC(=O)CCCO. The van der Waals surface area contributed by atoms with E-state index in [1.54, 1.807) is 0 Å². The van der Waals surface area contributed by atoms with Crippen molar-refractivity contribution in [1.29, 1.82) is 0 Å². The van der Waals surface area contributed by atoms with E-state index in [9.17, 15) is 4.79 Å². The molecule has 0 unspecified atom stereocenters. The summed E-state index contributed by atoms with van der Waals surface area (Å²) in [6.07, 6.45) is 0.907. The smallest absolute Gasteiger partial charge is 0.225 e. The zero-order valence-corrected chi connectivity index (χ0v) is 8.36. The first-order valence-corrected chi connectivity index (χ1v) is 5.07. The van der Waals surface area contributed by atoms with E-state index >= 15 is 0 Å². The molecule has 0 aliphatic heterocycles. The van der Waals surface area contributed by atoms with Crippen molar-refractivity contribution < 1.29 is 9.90 Å². The fourth-order valence-corrected chi connectivity index (χ4v) is 1.76. The Kier molecular flexibility index (Phi) is 3.92. The Bertz CT molecular complexity index is 283. The van der Waals surface area contributed by atoms with Crippen LogP contribution in [0.5, 0.6) is 0 Å². The van der Waals surface area contributed by atoms with Crippen molar-refractivity contribution in [2.24, 2.45) is 0 Å². The third kappa shape index (κ3) is 3.16. The minimum Gasteiger partial charge on any atom is -0.396 e. The van der Waals surface area contributed by atoms with Gasteiger partial charge in [-0.2, -0.15) is 0 Å². The lowest BCUT2D eigenvalue weighted by Gasteiger charge is -2.02. The topological polar surface area (TPSA) is 49.3 Å². The largest absolute Gasteiger partial charge is 0.396 e. The summed E-state index contributed by atoms with van der Waals surface area (Å²) in [7, 11) is 0. The third-order valence-electron chi connectivity index (χ3n) is 1.68. The molecule has 0 aliphatic carbocycles. The Morgan fingerprint density at radius 2 is 2.46 bits per heavy atom. The zero-order chi connectivity index (χ0) is 9.68. The van der Waals surface area contributed by atoms with Crippen LogP contribution in [-0.4, -0.2) is 17.6 Å². The van der Waals surface area contributed by atoms with Crippen molar-refractivity contribution in [1.82, 2.24) is 0 Å². The molecule has 2 N–H and O–H groups in total. The molecular formula is C9H13NO2S. The number of amides is 1. The van der Waals surface area contributed by atoms with Gasteiger partial charge < -0.3 is 10.4 Å². The van der Waals surface area contributed by atoms with Crippen molar-refractivity contribution in [2.75, 3.05) is 11.9 Å². The minimum atomic E-state index is -0.0281. The van der Waals surface area contributed by atoms with Crippen LogP contribution in [0.4, 0.5) is 5.00 Å². The monoisotopic (exact) mass is 199 g/mol. The van der Waals surface area contributed by atoms with E-state index in [1.165, 1.54) is 11.3 Å². The van der Waals surface area contributed by atoms with E-state index in [0.29, 0.717) is 12.8 Å². The summed E-state index contributed by atoms with van der Waals surface area (Å²) in [6.45, 7) is 2.02. The summed E-state index contributed by atoms with van der Waals surface area (Å²) in [4.78, 5) is 11.2. The number of aliphatic hydroxyl groups is 1. The predicted octanol–water partition coefficient (Wildman–Crippen LogP) is 1.77. The van der Waals surface area contributed by atoms with Crippen LogP contribution >= 0.6 is 11.3 Å². The molecule has 1 amide bonds. The lowest BCUT2D eigenvalue weighted by atomic mass is 10.3. The van der Waals surface area contributed by atoms with Crippen molar-refractivity contribution >= 4 is 22.2 Å². The first kappa shape index (κ1) is 10.2. The van der Waals surface area contributed by atoms with Crippen LogP contribution in [0.2, 0.25) is 0 Å². The van der Waals surface area contributed by atoms with E-state index in [4.69, 9.17) is 5.11 Å². The van der Waals surface area contributed by atoms with Gasteiger partial charge in [-0.15, -0.1) is 11.3 Å². The molecule has 0 saturated heterocycles. The summed E-state index contributed by atoms with van der Waals surface area (Å²) in [5.41, 5.74) is 1.09. The van der Waals surface area contributed by atoms with Crippen LogP contribution < -0.4 is 5.32 Å². The van der Waals surface area contributed by atoms with Crippen molar-refractivity contribution in [2.45, 2.75) is 19.8 Å². The second-order valence-corrected chi connectivity index (χ2v) is 3.72. The molecule has 0 radical (unpaired) electrons. The second-order valence-electron chi connectivity index (χ2n) is 2.81. The maximum atomic E-state index is 11.2. The molecule has 72 valence electrons. The second kappa shape index (κ2) is 4.99. The molecule has 4 heteroatoms. The van der Waals surface area contributed by atoms with Crippen molar-refractivity contribution in [3.8, 4) is 0 Å². The fraction of sp³-hybridized carbons (Fsp3) is 0.444. The molecule has 0 spiro atoms. The van der Waals surface area contributed by atoms with Gasteiger partial charge in [0.1, 0.15) is 0 Å². The molecule has 0 atom stereocenters. The quantitative estimate of drug-likeness (QED) is 0.776. The van der Waals surface area contributed by atoms with E-state index < -0.39 is 0 Å². The fourth-order valence-electron chi connectivity index (χ4n) is 0.930. The first-order valence-electron chi connectivity index (χ1n) is 4.19. The highest BCUT2D eigenvalue weighted by Crippen LogP contribution is 2.21. The Hall–Kier alpha value is -0.870. The molecule has 0 fully saturated rings. The van der Waals surface area contributed by atoms with Crippen molar-refractivity contribution in [3.63, 3.8) is 0 Å². The molecule has 3 nitrogen and oxygen atoms in total. The molecule has 0 saturated carbocycles. The average molecular weight is 199 g/mol. The zero-order valence-electron chi connectivity index (χ0n) is 7.54. The van der Waals surface area contributed by atoms with E-state index in [1.807, 2.05) is 18.4 Å². The Morgan fingerprint density at radius 1 is 1.69 bits per heavy atom. The molecule has 0 bridgehead atoms. The van der Waals surface area contributed by atoms with Gasteiger partial charge in [0.25, 0.3) is 0 Å². The molecule has 1 rings (SSSR count). The number of hydrogen-bond acceptors (Lipinski definition) is 3. The number of hydrogen-bond donors (Lipinski definition) is 2. The van der Waals surface area contributed by atoms with Crippen LogP contribution in [0.15, 0.2) is 11.4 Å². The lowest BCUT2D eigenvalue weighted by molar-refractivity contribution is -0.116. The number of rotatable bonds is 4. The molecular weight excluding hydrogens is 186 g/mol. The summed E-state index contributed by atoms with van der Waals surface area (Å²) in [6, 6.07) is 1.96. The van der Waals surface area contributed by atoms with Crippen LogP contribution in [0.25, 0.3) is 0 Å². The maximum Gasteiger partial charge on any atom is 0.225 e. The molecule has 0 aliphatic rings. The first-order chi connectivity index (χ1) is 6.24. The van der Waals surface area contributed by atoms with Crippen LogP contribution in [0, 0.1) is 6.92 Å². The molecule has 1 aromatic heterocycles. The van der Waals surface area contributed by atoms with Gasteiger partial charge in [0.15, 0.2) is 0 Å². The van der Waals surface area contributed by atoms with Gasteiger partial charge in [-0.05, 0) is 30.4 Å². The minimum absolute atomic E-state index is 0.0281. The van der Waals surface area contributed by atoms with Crippen LogP contribution in [-0.2, 0) is 4.79 Å². The number of thiophene rings is 1. The van der Waals surface area contributed by atoms with E-state index in [0.717, 1.165) is 10.6 Å². The maximum absolute atomic E-state index is 11.2. The van der Waals surface area contributed by atoms with Crippen LogP contribution in [0.1, 0.15) is 18.4 Å². The third-order valence-corrected chi connectivity index (χ3v) is 2.61. The standard InChI is InChI=1S/C9H13NO2S/c1-7-4-6-13-9(7)10-8(12)3-2-5-11/h4,6,11H,2-3,5H2,1H3,(H,10,12). The van der Waals surface area contributed by atoms with E-state index in [-0.39, 0.29) is 12.5 Å². The molecule has 13 heavy (non-hydrogen) atoms. The lowest BCUT2D eigenvalue weighted by Crippen LogP contribution is -2.11. The Labute approximate surface area is 81.4 Å². The number of nitrogens with one attached hydrogen (secondary N) is 1. The van der Waals surface area contributed by atoms with Gasteiger partial charge in [-0.3, -0.25) is 4.79 Å². The Balaban J connectivity index is 2.41. The van der Waals surface area contributed by atoms with Gasteiger partial charge in [0.2, 0.25) is 5.91 Å². The summed E-state index contributed by atoms with van der Waals surface area (Å²) in [5, 5.41) is 14.2. The van der Waals surface area contributed by atoms with Gasteiger partial charge in [0.05, 0.1) is 5.00 Å². The number of carbonyl (C=O) groups is 1. The summed E-state index contributed by atoms with van der Waals surface area (Å²) >= 11 is 1.52. The van der Waals surface area contributed by atoms with E-state index in [2.05, 4.69) is 5.32 Å². The van der Waals surface area contributed by atoms with Crippen molar-refractivity contribution in [3.05, 3.63) is 17.0 Å². The van der Waals surface area contributed by atoms with Gasteiger partial charge >= 0.3 is 0 Å². The van der Waals surface area contributed by atoms with Gasteiger partial charge in [0, 0.05) is 13.0 Å². The number of aliphatic hydroxyl groups excluding tert-OH is 1. The van der Waals surface area contributed by atoms with Gasteiger partial charge in [-0.25, -0.2) is 0 Å². The highest BCUT2D eigenvalue weighted by atomic mass is 32.1. The molecule has 1 heterocycles. The normalized spacial score (nSPS) is 10.0. The number of aryl methyl sites for hydroxylation is 1. The number of anilines is 1. The van der Waals surface area contributed by atoms with Crippen LogP contribution in [0.3, 0.4) is 0 Å². The highest BCUT2D eigenvalue weighted by molar-refractivity contribution is 7.14. The highest BCUT2D eigenvalue weighted by Gasteiger charge is 2.04. The van der Waals surface area contributed by atoms with Gasteiger partial charge in [-0.1, -0.05) is 0 Å².